The van der Waals surface area contributed by atoms with Crippen LogP contribution in [0.25, 0.3) is 0 Å². The quantitative estimate of drug-likeness (QED) is 0.692. The van der Waals surface area contributed by atoms with Crippen molar-refractivity contribution in [2.24, 2.45) is 0 Å². The molecule has 0 aromatic heterocycles. The zero-order valence-electron chi connectivity index (χ0n) is 12.4. The fourth-order valence-electron chi connectivity index (χ4n) is 2.05. The van der Waals surface area contributed by atoms with E-state index in [1.165, 1.54) is 5.56 Å². The van der Waals surface area contributed by atoms with E-state index in [0.717, 1.165) is 10.2 Å². The molecule has 0 radical (unpaired) electrons. The summed E-state index contributed by atoms with van der Waals surface area (Å²) >= 11 is 9.75. The molecule has 2 rings (SSSR count). The highest BCUT2D eigenvalue weighted by Gasteiger charge is 2.09. The van der Waals surface area contributed by atoms with Gasteiger partial charge in [-0.05, 0) is 56.7 Å². The van der Waals surface area contributed by atoms with Gasteiger partial charge in [-0.25, -0.2) is 0 Å². The number of nitrogens with one attached hydrogen (secondary N) is 1. The zero-order chi connectivity index (χ0) is 15.4. The Hall–Kier alpha value is -1.19. The third-order valence-corrected chi connectivity index (χ3v) is 3.82. The molecule has 0 saturated carbocycles. The molecule has 0 bridgehead atoms. The summed E-state index contributed by atoms with van der Waals surface area (Å²) in [4.78, 5) is 0. The largest absolute Gasteiger partial charge is 0.489 e. The van der Waals surface area contributed by atoms with Crippen molar-refractivity contribution in [1.29, 1.82) is 0 Å². The van der Waals surface area contributed by atoms with Crippen molar-refractivity contribution >= 4 is 33.2 Å². The molecule has 4 heteroatoms. The van der Waals surface area contributed by atoms with Crippen molar-refractivity contribution in [2.75, 3.05) is 5.32 Å². The number of rotatable bonds is 5. The number of hydrogen-bond acceptors (Lipinski definition) is 2. The van der Waals surface area contributed by atoms with Crippen molar-refractivity contribution in [2.45, 2.75) is 32.9 Å². The average molecular weight is 369 g/mol. The molecule has 1 N–H and O–H groups in total. The Morgan fingerprint density at radius 3 is 2.48 bits per heavy atom. The maximum absolute atomic E-state index is 6.26. The number of hydrogen-bond donors (Lipinski definition) is 1. The van der Waals surface area contributed by atoms with Crippen molar-refractivity contribution < 1.29 is 4.74 Å². The smallest absolute Gasteiger partial charge is 0.138 e. The van der Waals surface area contributed by atoms with E-state index < -0.39 is 0 Å². The van der Waals surface area contributed by atoms with Gasteiger partial charge in [0.25, 0.3) is 0 Å². The summed E-state index contributed by atoms with van der Waals surface area (Å²) in [5.74, 6) is 0.715. The van der Waals surface area contributed by atoms with Gasteiger partial charge < -0.3 is 10.1 Å². The van der Waals surface area contributed by atoms with E-state index in [0.29, 0.717) is 10.8 Å². The van der Waals surface area contributed by atoms with E-state index in [2.05, 4.69) is 40.3 Å². The second kappa shape index (κ2) is 7.19. The third-order valence-electron chi connectivity index (χ3n) is 3.03. The molecule has 0 spiro atoms. The summed E-state index contributed by atoms with van der Waals surface area (Å²) < 4.78 is 6.72. The minimum atomic E-state index is 0.113. The van der Waals surface area contributed by atoms with Gasteiger partial charge in [0.05, 0.1) is 11.1 Å². The molecular weight excluding hydrogens is 350 g/mol. The maximum atomic E-state index is 6.26. The molecule has 2 aromatic carbocycles. The van der Waals surface area contributed by atoms with Crippen LogP contribution in [0.2, 0.25) is 5.02 Å². The summed E-state index contributed by atoms with van der Waals surface area (Å²) in [7, 11) is 0. The van der Waals surface area contributed by atoms with E-state index >= 15 is 0 Å². The summed E-state index contributed by atoms with van der Waals surface area (Å²) in [6, 6.07) is 14.2. The van der Waals surface area contributed by atoms with Crippen molar-refractivity contribution in [3.05, 3.63) is 57.5 Å². The standard InChI is InChI=1S/C17H19BrClNO/c1-11(2)21-17-8-7-15(10-16(17)19)20-12(3)13-5-4-6-14(18)9-13/h4-12,20H,1-3H3. The van der Waals surface area contributed by atoms with E-state index in [1.54, 1.807) is 0 Å². The molecule has 0 aliphatic rings. The van der Waals surface area contributed by atoms with E-state index in [-0.39, 0.29) is 12.1 Å². The molecule has 2 aromatic rings. The summed E-state index contributed by atoms with van der Waals surface area (Å²) in [6.07, 6.45) is 0.113. The van der Waals surface area contributed by atoms with Gasteiger partial charge in [-0.2, -0.15) is 0 Å². The van der Waals surface area contributed by atoms with Crippen LogP contribution >= 0.6 is 27.5 Å². The summed E-state index contributed by atoms with van der Waals surface area (Å²) in [6.45, 7) is 6.09. The Balaban J connectivity index is 2.11. The van der Waals surface area contributed by atoms with Gasteiger partial charge in [0.1, 0.15) is 5.75 Å². The van der Waals surface area contributed by atoms with Crippen LogP contribution in [-0.4, -0.2) is 6.10 Å². The topological polar surface area (TPSA) is 21.3 Å². The Kier molecular flexibility index (Phi) is 5.54. The second-order valence-corrected chi connectivity index (χ2v) is 6.56. The van der Waals surface area contributed by atoms with Crippen LogP contribution in [-0.2, 0) is 0 Å². The molecule has 0 aliphatic carbocycles. The van der Waals surface area contributed by atoms with E-state index in [1.807, 2.05) is 44.2 Å². The lowest BCUT2D eigenvalue weighted by atomic mass is 10.1. The molecule has 0 amide bonds. The van der Waals surface area contributed by atoms with Gasteiger partial charge in [0.15, 0.2) is 0 Å². The van der Waals surface area contributed by atoms with Gasteiger partial charge >= 0.3 is 0 Å². The van der Waals surface area contributed by atoms with Crippen LogP contribution in [0.15, 0.2) is 46.9 Å². The van der Waals surface area contributed by atoms with Crippen molar-refractivity contribution in [3.8, 4) is 5.75 Å². The minimum absolute atomic E-state index is 0.113. The molecule has 21 heavy (non-hydrogen) atoms. The van der Waals surface area contributed by atoms with Crippen LogP contribution in [0.1, 0.15) is 32.4 Å². The number of benzene rings is 2. The maximum Gasteiger partial charge on any atom is 0.138 e. The first-order valence-electron chi connectivity index (χ1n) is 6.94. The molecule has 112 valence electrons. The lowest BCUT2D eigenvalue weighted by Gasteiger charge is -2.17. The monoisotopic (exact) mass is 367 g/mol. The van der Waals surface area contributed by atoms with Gasteiger partial charge in [-0.15, -0.1) is 0 Å². The Morgan fingerprint density at radius 2 is 1.86 bits per heavy atom. The molecule has 1 unspecified atom stereocenters. The zero-order valence-corrected chi connectivity index (χ0v) is 14.7. The summed E-state index contributed by atoms with van der Waals surface area (Å²) in [5, 5.41) is 4.07. The van der Waals surface area contributed by atoms with E-state index in [9.17, 15) is 0 Å². The fourth-order valence-corrected chi connectivity index (χ4v) is 2.69. The van der Waals surface area contributed by atoms with Crippen LogP contribution in [0.4, 0.5) is 5.69 Å². The normalized spacial score (nSPS) is 12.3. The first-order valence-corrected chi connectivity index (χ1v) is 8.11. The van der Waals surface area contributed by atoms with Crippen molar-refractivity contribution in [1.82, 2.24) is 0 Å². The Morgan fingerprint density at radius 1 is 1.10 bits per heavy atom. The minimum Gasteiger partial charge on any atom is -0.489 e. The van der Waals surface area contributed by atoms with Gasteiger partial charge in [0, 0.05) is 16.2 Å². The fraction of sp³-hybridized carbons (Fsp3) is 0.294. The predicted molar refractivity (Wildman–Crippen MR) is 93.4 cm³/mol. The molecule has 0 aliphatic heterocycles. The lowest BCUT2D eigenvalue weighted by Crippen LogP contribution is -2.08. The number of ether oxygens (including phenoxy) is 1. The first kappa shape index (κ1) is 16.2. The van der Waals surface area contributed by atoms with Crippen LogP contribution in [0.5, 0.6) is 5.75 Å². The second-order valence-electron chi connectivity index (χ2n) is 5.23. The van der Waals surface area contributed by atoms with Crippen LogP contribution < -0.4 is 10.1 Å². The highest BCUT2D eigenvalue weighted by atomic mass is 79.9. The predicted octanol–water partition coefficient (Wildman–Crippen LogP) is 6.06. The summed E-state index contributed by atoms with van der Waals surface area (Å²) in [5.41, 5.74) is 2.19. The van der Waals surface area contributed by atoms with Gasteiger partial charge in [-0.3, -0.25) is 0 Å². The van der Waals surface area contributed by atoms with E-state index in [4.69, 9.17) is 16.3 Å². The first-order chi connectivity index (χ1) is 9.95. The highest BCUT2D eigenvalue weighted by molar-refractivity contribution is 9.10. The van der Waals surface area contributed by atoms with Gasteiger partial charge in [-0.1, -0.05) is 39.7 Å². The highest BCUT2D eigenvalue weighted by Crippen LogP contribution is 2.30. The van der Waals surface area contributed by atoms with Crippen LogP contribution in [0.3, 0.4) is 0 Å². The molecule has 0 fully saturated rings. The molecule has 0 saturated heterocycles. The number of anilines is 1. The lowest BCUT2D eigenvalue weighted by molar-refractivity contribution is 0.242. The molecule has 1 atom stereocenters. The average Bonchev–Trinajstić information content (AvgIpc) is 2.41. The SMILES string of the molecule is CC(C)Oc1ccc(NC(C)c2cccc(Br)c2)cc1Cl. The molecular formula is C17H19BrClNO. The van der Waals surface area contributed by atoms with Crippen LogP contribution in [0, 0.1) is 0 Å². The number of halogens is 2. The van der Waals surface area contributed by atoms with Crippen molar-refractivity contribution in [3.63, 3.8) is 0 Å². The van der Waals surface area contributed by atoms with Gasteiger partial charge in [0.2, 0.25) is 0 Å². The third kappa shape index (κ3) is 4.65. The molecule has 2 nitrogen and oxygen atoms in total. The Labute approximate surface area is 139 Å². The molecule has 0 heterocycles. The Bertz CT molecular complexity index is 615.